The Balaban J connectivity index is 2.25. The van der Waals surface area contributed by atoms with Crippen LogP contribution >= 0.6 is 15.9 Å². The number of nitrogens with zero attached hydrogens (tertiary/aromatic N) is 3. The van der Waals surface area contributed by atoms with Crippen molar-refractivity contribution in [3.63, 3.8) is 0 Å². The first-order valence-corrected chi connectivity index (χ1v) is 8.81. The van der Waals surface area contributed by atoms with E-state index in [4.69, 9.17) is 0 Å². The van der Waals surface area contributed by atoms with Gasteiger partial charge in [-0.3, -0.25) is 4.79 Å². The predicted molar refractivity (Wildman–Crippen MR) is 98.3 cm³/mol. The van der Waals surface area contributed by atoms with Gasteiger partial charge in [0.15, 0.2) is 17.0 Å². The monoisotopic (exact) mass is 440 g/mol. The third-order valence-corrected chi connectivity index (χ3v) is 4.33. The van der Waals surface area contributed by atoms with Crippen molar-refractivity contribution in [2.24, 2.45) is 0 Å². The molecule has 0 unspecified atom stereocenters. The second kappa shape index (κ2) is 6.63. The second-order valence-electron chi connectivity index (χ2n) is 6.99. The quantitative estimate of drug-likeness (QED) is 0.627. The molecule has 27 heavy (non-hydrogen) atoms. The molecular formula is C18H16BrF3N4O. The Morgan fingerprint density at radius 3 is 2.33 bits per heavy atom. The molecule has 0 radical (unpaired) electrons. The molecule has 142 valence electrons. The zero-order chi connectivity index (χ0) is 20.0. The van der Waals surface area contributed by atoms with Gasteiger partial charge in [0.25, 0.3) is 5.91 Å². The summed E-state index contributed by atoms with van der Waals surface area (Å²) in [6, 6.07) is 9.43. The topological polar surface area (TPSA) is 59.3 Å². The van der Waals surface area contributed by atoms with Gasteiger partial charge in [0.05, 0.1) is 10.2 Å². The lowest BCUT2D eigenvalue weighted by Gasteiger charge is -2.19. The van der Waals surface area contributed by atoms with Crippen molar-refractivity contribution < 1.29 is 18.0 Å². The second-order valence-corrected chi connectivity index (χ2v) is 7.79. The summed E-state index contributed by atoms with van der Waals surface area (Å²) < 4.78 is 41.6. The van der Waals surface area contributed by atoms with Gasteiger partial charge >= 0.3 is 6.18 Å². The summed E-state index contributed by atoms with van der Waals surface area (Å²) in [5.41, 5.74) is -1.15. The van der Waals surface area contributed by atoms with Crippen LogP contribution in [0, 0.1) is 0 Å². The number of hydrogen-bond donors (Lipinski definition) is 1. The van der Waals surface area contributed by atoms with Gasteiger partial charge in [0, 0.05) is 11.1 Å². The van der Waals surface area contributed by atoms with E-state index in [9.17, 15) is 18.0 Å². The van der Waals surface area contributed by atoms with E-state index in [-0.39, 0.29) is 21.5 Å². The highest BCUT2D eigenvalue weighted by molar-refractivity contribution is 9.10. The third-order valence-electron chi connectivity index (χ3n) is 3.60. The van der Waals surface area contributed by atoms with Crippen molar-refractivity contribution in [1.29, 1.82) is 0 Å². The molecule has 0 bridgehead atoms. The lowest BCUT2D eigenvalue weighted by Crippen LogP contribution is -2.40. The maximum atomic E-state index is 13.6. The first-order valence-electron chi connectivity index (χ1n) is 8.02. The highest BCUT2D eigenvalue weighted by Crippen LogP contribution is 2.34. The summed E-state index contributed by atoms with van der Waals surface area (Å²) in [6.45, 7) is 5.30. The lowest BCUT2D eigenvalue weighted by atomic mass is 10.1. The zero-order valence-corrected chi connectivity index (χ0v) is 16.3. The van der Waals surface area contributed by atoms with Crippen molar-refractivity contribution in [2.45, 2.75) is 32.5 Å². The van der Waals surface area contributed by atoms with Crippen molar-refractivity contribution in [2.75, 3.05) is 0 Å². The molecule has 3 rings (SSSR count). The van der Waals surface area contributed by atoms with E-state index in [0.29, 0.717) is 10.1 Å². The average Bonchev–Trinajstić information content (AvgIpc) is 2.89. The minimum absolute atomic E-state index is 0.0808. The molecule has 0 aliphatic carbocycles. The highest BCUT2D eigenvalue weighted by Gasteiger charge is 2.36. The maximum absolute atomic E-state index is 13.6. The smallest absolute Gasteiger partial charge is 0.346 e. The van der Waals surface area contributed by atoms with Gasteiger partial charge in [-0.25, -0.2) is 9.50 Å². The summed E-state index contributed by atoms with van der Waals surface area (Å²) in [4.78, 5) is 16.7. The molecule has 0 spiro atoms. The number of carbonyl (C=O) groups excluding carboxylic acids is 1. The normalized spacial score (nSPS) is 12.4. The molecule has 0 atom stereocenters. The molecule has 9 heteroatoms. The molecule has 2 aromatic heterocycles. The Labute approximate surface area is 161 Å². The molecule has 0 aliphatic heterocycles. The average molecular weight is 441 g/mol. The van der Waals surface area contributed by atoms with E-state index < -0.39 is 23.3 Å². The van der Waals surface area contributed by atoms with E-state index in [1.807, 2.05) is 0 Å². The summed E-state index contributed by atoms with van der Waals surface area (Å²) in [7, 11) is 0. The minimum atomic E-state index is -4.67. The van der Waals surface area contributed by atoms with Crippen LogP contribution in [-0.2, 0) is 6.18 Å². The fourth-order valence-electron chi connectivity index (χ4n) is 2.50. The van der Waals surface area contributed by atoms with Crippen molar-refractivity contribution in [3.8, 4) is 11.3 Å². The molecule has 0 fully saturated rings. The van der Waals surface area contributed by atoms with Crippen LogP contribution in [0.1, 0.15) is 37.0 Å². The number of hydrogen-bond acceptors (Lipinski definition) is 3. The third kappa shape index (κ3) is 3.97. The van der Waals surface area contributed by atoms with Gasteiger partial charge in [-0.2, -0.15) is 18.3 Å². The van der Waals surface area contributed by atoms with E-state index in [0.717, 1.165) is 6.07 Å². The van der Waals surface area contributed by atoms with Gasteiger partial charge in [0.1, 0.15) is 0 Å². The first kappa shape index (κ1) is 19.3. The summed E-state index contributed by atoms with van der Waals surface area (Å²) in [6.07, 6.45) is -4.67. The molecule has 0 saturated heterocycles. The number of fused-ring (bicyclic) bond motifs is 1. The van der Waals surface area contributed by atoms with Crippen LogP contribution in [-0.4, -0.2) is 26.0 Å². The van der Waals surface area contributed by atoms with Gasteiger partial charge < -0.3 is 5.32 Å². The summed E-state index contributed by atoms with van der Waals surface area (Å²) in [5.74, 6) is -0.589. The predicted octanol–water partition coefficient (Wildman–Crippen LogP) is 4.71. The number of amides is 1. The van der Waals surface area contributed by atoms with E-state index >= 15 is 0 Å². The lowest BCUT2D eigenvalue weighted by molar-refractivity contribution is -0.142. The molecule has 1 N–H and O–H groups in total. The highest BCUT2D eigenvalue weighted by atomic mass is 79.9. The van der Waals surface area contributed by atoms with Crippen molar-refractivity contribution in [3.05, 3.63) is 52.3 Å². The Bertz CT molecular complexity index is 1010. The summed E-state index contributed by atoms with van der Waals surface area (Å²) in [5, 5.41) is 6.56. The fourth-order valence-corrected chi connectivity index (χ4v) is 3.01. The van der Waals surface area contributed by atoms with Crippen LogP contribution in [0.3, 0.4) is 0 Å². The van der Waals surface area contributed by atoms with Crippen molar-refractivity contribution >= 4 is 27.5 Å². The number of rotatable bonds is 2. The number of benzene rings is 1. The summed E-state index contributed by atoms with van der Waals surface area (Å²) >= 11 is 3.19. The number of halogens is 4. The maximum Gasteiger partial charge on any atom is 0.433 e. The first-order chi connectivity index (χ1) is 12.5. The van der Waals surface area contributed by atoms with Crippen LogP contribution < -0.4 is 5.32 Å². The van der Waals surface area contributed by atoms with Crippen LogP contribution in [0.2, 0.25) is 0 Å². The number of aromatic nitrogens is 3. The molecular weight excluding hydrogens is 425 g/mol. The fraction of sp³-hybridized carbons (Fsp3) is 0.278. The standard InChI is InChI=1S/C18H16BrF3N4O/c1-17(2,3)24-16(27)14-13(19)15-23-11(10-7-5-4-6-8-10)9-12(18(20,21)22)26(15)25-14/h4-9H,1-3H3,(H,24,27). The molecule has 1 aromatic carbocycles. The van der Waals surface area contributed by atoms with E-state index in [2.05, 4.69) is 31.3 Å². The molecule has 5 nitrogen and oxygen atoms in total. The van der Waals surface area contributed by atoms with Gasteiger partial charge in [-0.15, -0.1) is 0 Å². The van der Waals surface area contributed by atoms with E-state index in [1.165, 1.54) is 0 Å². The van der Waals surface area contributed by atoms with E-state index in [1.54, 1.807) is 51.1 Å². The van der Waals surface area contributed by atoms with Crippen LogP contribution in [0.15, 0.2) is 40.9 Å². The molecule has 2 heterocycles. The molecule has 0 saturated carbocycles. The van der Waals surface area contributed by atoms with Crippen LogP contribution in [0.5, 0.6) is 0 Å². The Morgan fingerprint density at radius 1 is 1.15 bits per heavy atom. The minimum Gasteiger partial charge on any atom is -0.346 e. The van der Waals surface area contributed by atoms with Gasteiger partial charge in [-0.05, 0) is 42.8 Å². The van der Waals surface area contributed by atoms with Gasteiger partial charge in [-0.1, -0.05) is 30.3 Å². The van der Waals surface area contributed by atoms with Crippen LogP contribution in [0.4, 0.5) is 13.2 Å². The van der Waals surface area contributed by atoms with Crippen LogP contribution in [0.25, 0.3) is 16.9 Å². The van der Waals surface area contributed by atoms with Gasteiger partial charge in [0.2, 0.25) is 0 Å². The molecule has 1 amide bonds. The molecule has 0 aliphatic rings. The molecule has 3 aromatic rings. The number of carbonyl (C=O) groups is 1. The number of nitrogens with one attached hydrogen (secondary N) is 1. The Kier molecular flexibility index (Phi) is 4.75. The number of alkyl halides is 3. The Hall–Kier alpha value is -2.42. The Morgan fingerprint density at radius 2 is 1.78 bits per heavy atom. The largest absolute Gasteiger partial charge is 0.433 e. The SMILES string of the molecule is CC(C)(C)NC(=O)c1nn2c(C(F)(F)F)cc(-c3ccccc3)nc2c1Br. The van der Waals surface area contributed by atoms with Crippen molar-refractivity contribution in [1.82, 2.24) is 19.9 Å². The zero-order valence-electron chi connectivity index (χ0n) is 14.7.